The van der Waals surface area contributed by atoms with E-state index < -0.39 is 10.0 Å². The van der Waals surface area contributed by atoms with Gasteiger partial charge in [0.15, 0.2) is 0 Å². The van der Waals surface area contributed by atoms with Crippen molar-refractivity contribution in [3.8, 4) is 0 Å². The van der Waals surface area contributed by atoms with Crippen LogP contribution in [-0.4, -0.2) is 29.9 Å². The van der Waals surface area contributed by atoms with Crippen LogP contribution in [0, 0.1) is 11.8 Å². The van der Waals surface area contributed by atoms with Gasteiger partial charge >= 0.3 is 0 Å². The number of nitrogens with zero attached hydrogens (tertiary/aromatic N) is 2. The zero-order chi connectivity index (χ0) is 15.1. The first kappa shape index (κ1) is 15.9. The van der Waals surface area contributed by atoms with E-state index in [1.54, 1.807) is 21.1 Å². The van der Waals surface area contributed by atoms with E-state index in [1.807, 2.05) is 14.0 Å². The minimum absolute atomic E-state index is 0.0378. The second-order valence-corrected chi connectivity index (χ2v) is 8.20. The molecule has 0 N–H and O–H groups in total. The average molecular weight is 319 g/mol. The van der Waals surface area contributed by atoms with Crippen molar-refractivity contribution in [1.82, 2.24) is 8.87 Å². The summed E-state index contributed by atoms with van der Waals surface area (Å²) < 4.78 is 29.1. The van der Waals surface area contributed by atoms with Gasteiger partial charge < -0.3 is 4.57 Å². The van der Waals surface area contributed by atoms with Crippen LogP contribution in [0.4, 0.5) is 0 Å². The molecule has 1 fully saturated rings. The Morgan fingerprint density at radius 2 is 2.00 bits per heavy atom. The molecule has 0 spiro atoms. The van der Waals surface area contributed by atoms with Crippen LogP contribution in [0.25, 0.3) is 0 Å². The van der Waals surface area contributed by atoms with Gasteiger partial charge in [-0.05, 0) is 31.2 Å². The fourth-order valence-electron chi connectivity index (χ4n) is 2.97. The quantitative estimate of drug-likeness (QED) is 0.804. The van der Waals surface area contributed by atoms with Gasteiger partial charge in [0, 0.05) is 31.5 Å². The van der Waals surface area contributed by atoms with E-state index in [-0.39, 0.29) is 6.04 Å². The minimum Gasteiger partial charge on any atom is -0.352 e. The number of rotatable bonds is 3. The van der Waals surface area contributed by atoms with Gasteiger partial charge in [-0.3, -0.25) is 0 Å². The van der Waals surface area contributed by atoms with Crippen LogP contribution in [0.15, 0.2) is 17.2 Å². The standard InChI is InChI=1S/C14H23ClN2O2S/c1-10-5-11(2)12(3)17(8-10)20(18,19)14-6-13(7-15)16(4)9-14/h6,9-12H,5,7-8H2,1-4H3. The maximum absolute atomic E-state index is 12.8. The van der Waals surface area contributed by atoms with E-state index >= 15 is 0 Å². The number of alkyl halides is 1. The van der Waals surface area contributed by atoms with E-state index in [0.717, 1.165) is 12.1 Å². The van der Waals surface area contributed by atoms with Crippen molar-refractivity contribution in [3.63, 3.8) is 0 Å². The number of aryl methyl sites for hydroxylation is 1. The van der Waals surface area contributed by atoms with Crippen molar-refractivity contribution in [2.24, 2.45) is 18.9 Å². The molecule has 0 aliphatic carbocycles. The predicted molar refractivity (Wildman–Crippen MR) is 81.3 cm³/mol. The largest absolute Gasteiger partial charge is 0.352 e. The van der Waals surface area contributed by atoms with E-state index in [4.69, 9.17) is 11.6 Å². The van der Waals surface area contributed by atoms with Crippen molar-refractivity contribution in [2.45, 2.75) is 44.0 Å². The van der Waals surface area contributed by atoms with Crippen LogP contribution in [0.1, 0.15) is 32.9 Å². The number of sulfonamides is 1. The van der Waals surface area contributed by atoms with E-state index in [9.17, 15) is 8.42 Å². The number of aromatic nitrogens is 1. The molecule has 0 aromatic carbocycles. The summed E-state index contributed by atoms with van der Waals surface area (Å²) in [4.78, 5) is 0.351. The highest BCUT2D eigenvalue weighted by Gasteiger charge is 2.37. The third-order valence-corrected chi connectivity index (χ3v) is 6.56. The molecule has 6 heteroatoms. The normalized spacial score (nSPS) is 28.8. The summed E-state index contributed by atoms with van der Waals surface area (Å²) in [5.74, 6) is 1.09. The van der Waals surface area contributed by atoms with Crippen molar-refractivity contribution < 1.29 is 8.42 Å². The SMILES string of the molecule is CC1CC(C)C(C)N(S(=O)(=O)c2cc(CCl)n(C)c2)C1. The Labute approximate surface area is 126 Å². The molecule has 0 saturated carbocycles. The van der Waals surface area contributed by atoms with Crippen LogP contribution >= 0.6 is 11.6 Å². The highest BCUT2D eigenvalue weighted by molar-refractivity contribution is 7.89. The molecular weight excluding hydrogens is 296 g/mol. The molecule has 3 atom stereocenters. The molecule has 0 bridgehead atoms. The lowest BCUT2D eigenvalue weighted by Crippen LogP contribution is -2.48. The number of halogens is 1. The van der Waals surface area contributed by atoms with Crippen molar-refractivity contribution in [2.75, 3.05) is 6.54 Å². The van der Waals surface area contributed by atoms with Gasteiger partial charge in [0.25, 0.3) is 0 Å². The summed E-state index contributed by atoms with van der Waals surface area (Å²) in [5, 5.41) is 0. The summed E-state index contributed by atoms with van der Waals surface area (Å²) in [6.45, 7) is 6.83. The third kappa shape index (κ3) is 2.76. The maximum atomic E-state index is 12.8. The Morgan fingerprint density at radius 3 is 2.55 bits per heavy atom. The monoisotopic (exact) mass is 318 g/mol. The molecular formula is C14H23ClN2O2S. The zero-order valence-corrected chi connectivity index (χ0v) is 14.1. The molecule has 114 valence electrons. The average Bonchev–Trinajstić information content (AvgIpc) is 2.75. The molecule has 3 unspecified atom stereocenters. The number of hydrogen-bond acceptors (Lipinski definition) is 2. The van der Waals surface area contributed by atoms with Gasteiger partial charge in [-0.2, -0.15) is 4.31 Å². The van der Waals surface area contributed by atoms with E-state index in [0.29, 0.717) is 29.2 Å². The fourth-order valence-corrected chi connectivity index (χ4v) is 5.18. The lowest BCUT2D eigenvalue weighted by molar-refractivity contribution is 0.157. The molecule has 4 nitrogen and oxygen atoms in total. The van der Waals surface area contributed by atoms with Crippen LogP contribution in [0.3, 0.4) is 0 Å². The highest BCUT2D eigenvalue weighted by Crippen LogP contribution is 2.32. The van der Waals surface area contributed by atoms with Crippen LogP contribution < -0.4 is 0 Å². The van der Waals surface area contributed by atoms with Crippen LogP contribution in [-0.2, 0) is 23.0 Å². The molecule has 0 amide bonds. The predicted octanol–water partition coefficient (Wildman–Crippen LogP) is 2.82. The highest BCUT2D eigenvalue weighted by atomic mass is 35.5. The maximum Gasteiger partial charge on any atom is 0.244 e. The summed E-state index contributed by atoms with van der Waals surface area (Å²) in [7, 11) is -1.61. The summed E-state index contributed by atoms with van der Waals surface area (Å²) >= 11 is 5.83. The lowest BCUT2D eigenvalue weighted by atomic mass is 9.88. The summed E-state index contributed by atoms with van der Waals surface area (Å²) in [5.41, 5.74) is 0.816. The Balaban J connectivity index is 2.37. The van der Waals surface area contributed by atoms with Gasteiger partial charge in [0.1, 0.15) is 4.90 Å². The van der Waals surface area contributed by atoms with Crippen molar-refractivity contribution >= 4 is 21.6 Å². The molecule has 20 heavy (non-hydrogen) atoms. The fraction of sp³-hybridized carbons (Fsp3) is 0.714. The topological polar surface area (TPSA) is 42.3 Å². The Morgan fingerprint density at radius 1 is 1.35 bits per heavy atom. The Hall–Kier alpha value is -0.520. The number of piperidine rings is 1. The third-order valence-electron chi connectivity index (χ3n) is 4.37. The minimum atomic E-state index is -3.43. The first-order valence-electron chi connectivity index (χ1n) is 7.00. The molecule has 2 rings (SSSR count). The van der Waals surface area contributed by atoms with Gasteiger partial charge in [0.05, 0.1) is 5.88 Å². The summed E-state index contributed by atoms with van der Waals surface area (Å²) in [6.07, 6.45) is 2.73. The van der Waals surface area contributed by atoms with Gasteiger partial charge in [-0.15, -0.1) is 11.6 Å². The molecule has 0 radical (unpaired) electrons. The molecule has 1 aliphatic rings. The smallest absolute Gasteiger partial charge is 0.244 e. The Bertz CT molecular complexity index is 582. The molecule has 1 aliphatic heterocycles. The van der Waals surface area contributed by atoms with E-state index in [1.165, 1.54) is 0 Å². The second-order valence-electron chi connectivity index (χ2n) is 6.05. The first-order valence-corrected chi connectivity index (χ1v) is 8.98. The van der Waals surface area contributed by atoms with E-state index in [2.05, 4.69) is 13.8 Å². The Kier molecular flexibility index (Phi) is 4.52. The van der Waals surface area contributed by atoms with Crippen LogP contribution in [0.5, 0.6) is 0 Å². The van der Waals surface area contributed by atoms with Gasteiger partial charge in [-0.25, -0.2) is 8.42 Å². The molecule has 1 aromatic heterocycles. The lowest BCUT2D eigenvalue weighted by Gasteiger charge is -2.39. The second kappa shape index (κ2) is 5.70. The first-order chi connectivity index (χ1) is 9.27. The van der Waals surface area contributed by atoms with Gasteiger partial charge in [0.2, 0.25) is 10.0 Å². The van der Waals surface area contributed by atoms with Crippen molar-refractivity contribution in [3.05, 3.63) is 18.0 Å². The molecule has 1 saturated heterocycles. The number of hydrogen-bond donors (Lipinski definition) is 0. The van der Waals surface area contributed by atoms with Gasteiger partial charge in [-0.1, -0.05) is 13.8 Å². The van der Waals surface area contributed by atoms with Crippen molar-refractivity contribution in [1.29, 1.82) is 0 Å². The zero-order valence-electron chi connectivity index (χ0n) is 12.5. The molecule has 2 heterocycles. The van der Waals surface area contributed by atoms with Crippen LogP contribution in [0.2, 0.25) is 0 Å². The molecule has 1 aromatic rings. The summed E-state index contributed by atoms with van der Waals surface area (Å²) in [6, 6.07) is 1.72.